The molecule has 1 saturated carbocycles. The number of allylic oxidation sites excluding steroid dienone is 1. The van der Waals surface area contributed by atoms with Gasteiger partial charge in [0.05, 0.1) is 10.6 Å². The second kappa shape index (κ2) is 9.05. The largest absolute Gasteiger partial charge is 0.379 e. The first-order valence-corrected chi connectivity index (χ1v) is 13.5. The minimum atomic E-state index is 0.233. The van der Waals surface area contributed by atoms with Crippen molar-refractivity contribution in [2.24, 2.45) is 16.6 Å². The summed E-state index contributed by atoms with van der Waals surface area (Å²) in [4.78, 5) is 5.88. The molecule has 2 aromatic rings. The van der Waals surface area contributed by atoms with Crippen LogP contribution in [-0.2, 0) is 0 Å². The van der Waals surface area contributed by atoms with Gasteiger partial charge in [-0.1, -0.05) is 91.3 Å². The van der Waals surface area contributed by atoms with Crippen LogP contribution < -0.4 is 5.73 Å². The van der Waals surface area contributed by atoms with Gasteiger partial charge >= 0.3 is 0 Å². The Morgan fingerprint density at radius 1 is 1.03 bits per heavy atom. The van der Waals surface area contributed by atoms with E-state index in [4.69, 9.17) is 5.73 Å². The van der Waals surface area contributed by atoms with Crippen LogP contribution in [0.25, 0.3) is 4.91 Å². The summed E-state index contributed by atoms with van der Waals surface area (Å²) in [6.07, 6.45) is 7.84. The molecule has 4 atom stereocenters. The van der Waals surface area contributed by atoms with E-state index >= 15 is 0 Å². The molecule has 5 heteroatoms. The van der Waals surface area contributed by atoms with Gasteiger partial charge in [-0.2, -0.15) is 0 Å². The summed E-state index contributed by atoms with van der Waals surface area (Å²) in [5.74, 6) is 2.27. The van der Waals surface area contributed by atoms with E-state index in [2.05, 4.69) is 95.3 Å². The highest BCUT2D eigenvalue weighted by Crippen LogP contribution is 2.63. The third kappa shape index (κ3) is 4.21. The van der Waals surface area contributed by atoms with Crippen molar-refractivity contribution in [1.82, 2.24) is 0 Å². The van der Waals surface area contributed by atoms with Crippen LogP contribution in [0.1, 0.15) is 42.7 Å². The number of rotatable bonds is 5. The summed E-state index contributed by atoms with van der Waals surface area (Å²) >= 11 is 6.11. The molecule has 1 aliphatic carbocycles. The number of hydrogen-bond donors (Lipinski definition) is 1. The average Bonchev–Trinajstić information content (AvgIpc) is 3.23. The lowest BCUT2D eigenvalue weighted by Crippen LogP contribution is -2.41. The van der Waals surface area contributed by atoms with Crippen molar-refractivity contribution in [1.29, 1.82) is 0 Å². The Hall–Kier alpha value is -1.30. The number of benzene rings is 2. The number of nitrogens with two attached hydrogens (primary N) is 1. The topological polar surface area (TPSA) is 38.4 Å². The lowest BCUT2D eigenvalue weighted by atomic mass is 9.75. The summed E-state index contributed by atoms with van der Waals surface area (Å²) in [7, 11) is 0. The van der Waals surface area contributed by atoms with Crippen LogP contribution in [0.4, 0.5) is 0 Å². The number of nitrogens with zero attached hydrogens (tertiary/aromatic N) is 1. The van der Waals surface area contributed by atoms with E-state index in [0.29, 0.717) is 17.1 Å². The lowest BCUT2D eigenvalue weighted by Gasteiger charge is -2.50. The van der Waals surface area contributed by atoms with Gasteiger partial charge in [-0.15, -0.1) is 23.5 Å². The summed E-state index contributed by atoms with van der Waals surface area (Å²) < 4.78 is 0.233. The molecule has 0 saturated heterocycles. The average molecular weight is 453 g/mol. The molecule has 3 aliphatic rings. The van der Waals surface area contributed by atoms with Crippen LogP contribution >= 0.6 is 35.3 Å². The van der Waals surface area contributed by atoms with Crippen molar-refractivity contribution < 1.29 is 0 Å². The van der Waals surface area contributed by atoms with Crippen LogP contribution in [-0.4, -0.2) is 26.8 Å². The molecular weight excluding hydrogens is 424 g/mol. The molecule has 30 heavy (non-hydrogen) atoms. The number of hydrogen-bond acceptors (Lipinski definition) is 5. The summed E-state index contributed by atoms with van der Waals surface area (Å²) in [6, 6.07) is 22.1. The fraction of sp³-hybridized carbons (Fsp3) is 0.400. The van der Waals surface area contributed by atoms with Crippen molar-refractivity contribution in [2.45, 2.75) is 40.9 Å². The zero-order valence-corrected chi connectivity index (χ0v) is 19.5. The van der Waals surface area contributed by atoms with Crippen LogP contribution in [0, 0.1) is 5.92 Å². The van der Waals surface area contributed by atoms with Crippen molar-refractivity contribution in [2.75, 3.05) is 12.3 Å². The molecule has 2 aliphatic heterocycles. The van der Waals surface area contributed by atoms with E-state index in [0.717, 1.165) is 17.5 Å². The van der Waals surface area contributed by atoms with Gasteiger partial charge < -0.3 is 5.73 Å². The van der Waals surface area contributed by atoms with Gasteiger partial charge in [0.2, 0.25) is 0 Å². The zero-order valence-electron chi connectivity index (χ0n) is 17.1. The first-order valence-electron chi connectivity index (χ1n) is 10.9. The highest BCUT2D eigenvalue weighted by Gasteiger charge is 2.49. The molecule has 2 nitrogen and oxygen atoms in total. The maximum atomic E-state index is 5.95. The normalized spacial score (nSPS) is 31.0. The number of fused-ring (bicyclic) bond motifs is 1. The smallest absolute Gasteiger partial charge is 0.154 e. The van der Waals surface area contributed by atoms with E-state index in [1.165, 1.54) is 41.7 Å². The molecule has 2 aromatic carbocycles. The highest BCUT2D eigenvalue weighted by molar-refractivity contribution is 8.23. The monoisotopic (exact) mass is 452 g/mol. The van der Waals surface area contributed by atoms with E-state index in [9.17, 15) is 0 Å². The maximum absolute atomic E-state index is 5.95. The van der Waals surface area contributed by atoms with Crippen LogP contribution in [0.3, 0.4) is 0 Å². The van der Waals surface area contributed by atoms with Gasteiger partial charge in [0.1, 0.15) is 0 Å². The van der Waals surface area contributed by atoms with Gasteiger partial charge in [0, 0.05) is 21.8 Å². The minimum Gasteiger partial charge on any atom is -0.379 e. The van der Waals surface area contributed by atoms with Crippen molar-refractivity contribution >= 4 is 45.4 Å². The number of aliphatic imine (C=N–C) groups is 1. The Labute approximate surface area is 192 Å². The molecule has 0 amide bonds. The number of amidine groups is 1. The van der Waals surface area contributed by atoms with E-state index in [1.807, 2.05) is 0 Å². The quantitative estimate of drug-likeness (QED) is 0.554. The fourth-order valence-electron chi connectivity index (χ4n) is 4.95. The molecule has 0 unspecified atom stereocenters. The zero-order chi connectivity index (χ0) is 20.4. The highest BCUT2D eigenvalue weighted by atomic mass is 32.2. The Kier molecular flexibility index (Phi) is 6.22. The van der Waals surface area contributed by atoms with Crippen molar-refractivity contribution in [3.63, 3.8) is 0 Å². The Morgan fingerprint density at radius 2 is 1.80 bits per heavy atom. The van der Waals surface area contributed by atoms with Gasteiger partial charge in [-0.25, -0.2) is 0 Å². The standard InChI is InChI=1S/C25H28N2S3/c26-24-27-16-20(29-24)17-28-25-14-8-7-13-22(25)21(18-9-3-1-4-10-18)15-23(30-25)19-11-5-2-6-12-19/h1-6,9-12,15,20-22H,7-8,13-14,16-17H2,(H2,26,27)/t20-,21-,22-,25-/m1/s1. The van der Waals surface area contributed by atoms with Gasteiger partial charge in [0.25, 0.3) is 0 Å². The lowest BCUT2D eigenvalue weighted by molar-refractivity contribution is 0.320. The summed E-state index contributed by atoms with van der Waals surface area (Å²) in [6.45, 7) is 0.873. The summed E-state index contributed by atoms with van der Waals surface area (Å²) in [5, 5.41) is 1.29. The molecule has 0 bridgehead atoms. The maximum Gasteiger partial charge on any atom is 0.154 e. The first kappa shape index (κ1) is 20.6. The minimum absolute atomic E-state index is 0.233. The molecule has 0 spiro atoms. The second-order valence-electron chi connectivity index (χ2n) is 8.33. The third-order valence-electron chi connectivity index (χ3n) is 6.40. The van der Waals surface area contributed by atoms with Gasteiger partial charge in [0.15, 0.2) is 5.17 Å². The predicted octanol–water partition coefficient (Wildman–Crippen LogP) is 6.61. The Morgan fingerprint density at radius 3 is 2.53 bits per heavy atom. The SMILES string of the molecule is NC1=NC[C@H](CS[C@@]23CCCC[C@@H]2[C@@H](c2ccccc2)C=C(c2ccccc2)S3)S1. The van der Waals surface area contributed by atoms with Crippen molar-refractivity contribution in [3.05, 3.63) is 77.9 Å². The van der Waals surface area contributed by atoms with Crippen LogP contribution in [0.15, 0.2) is 71.7 Å². The first-order chi connectivity index (χ1) is 14.7. The molecular formula is C25H28N2S3. The van der Waals surface area contributed by atoms with E-state index in [-0.39, 0.29) is 4.08 Å². The summed E-state index contributed by atoms with van der Waals surface area (Å²) in [5.41, 5.74) is 8.77. The molecule has 0 aromatic heterocycles. The predicted molar refractivity (Wildman–Crippen MR) is 136 cm³/mol. The van der Waals surface area contributed by atoms with Gasteiger partial charge in [-0.05, 0) is 29.9 Å². The molecule has 0 radical (unpaired) electrons. The molecule has 2 heterocycles. The van der Waals surface area contributed by atoms with Crippen LogP contribution in [0.2, 0.25) is 0 Å². The molecule has 156 valence electrons. The second-order valence-corrected chi connectivity index (χ2v) is 12.6. The van der Waals surface area contributed by atoms with E-state index in [1.54, 1.807) is 11.8 Å². The van der Waals surface area contributed by atoms with Gasteiger partial charge in [-0.3, -0.25) is 4.99 Å². The van der Waals surface area contributed by atoms with Crippen molar-refractivity contribution in [3.8, 4) is 0 Å². The fourth-order valence-corrected chi connectivity index (χ4v) is 9.62. The Balaban J connectivity index is 1.50. The number of thioether (sulfide) groups is 3. The molecule has 1 fully saturated rings. The molecule has 5 rings (SSSR count). The third-order valence-corrected chi connectivity index (χ3v) is 11.2. The van der Waals surface area contributed by atoms with E-state index < -0.39 is 0 Å². The van der Waals surface area contributed by atoms with Crippen LogP contribution in [0.5, 0.6) is 0 Å². The molecule has 2 N–H and O–H groups in total. The Bertz CT molecular complexity index is 928.